The first-order valence-corrected chi connectivity index (χ1v) is 10.9. The van der Waals surface area contributed by atoms with E-state index in [9.17, 15) is 9.59 Å². The average Bonchev–Trinajstić information content (AvgIpc) is 2.71. The summed E-state index contributed by atoms with van der Waals surface area (Å²) < 4.78 is 5.49. The minimum atomic E-state index is -0.0950. The predicted octanol–water partition coefficient (Wildman–Crippen LogP) is 4.02. The molecule has 1 aliphatic carbocycles. The molecule has 7 heteroatoms. The van der Waals surface area contributed by atoms with Gasteiger partial charge in [0, 0.05) is 30.9 Å². The lowest BCUT2D eigenvalue weighted by molar-refractivity contribution is 0.186. The largest absolute Gasteiger partial charge is 0.494 e. The summed E-state index contributed by atoms with van der Waals surface area (Å²) in [5, 5.41) is 9.17. The third-order valence-corrected chi connectivity index (χ3v) is 5.81. The molecule has 160 valence electrons. The number of nitrogens with one attached hydrogen (secondary N) is 3. The Bertz CT molecular complexity index is 695. The quantitative estimate of drug-likeness (QED) is 0.696. The van der Waals surface area contributed by atoms with Gasteiger partial charge in [0.15, 0.2) is 0 Å². The van der Waals surface area contributed by atoms with Crippen molar-refractivity contribution in [3.05, 3.63) is 23.8 Å². The summed E-state index contributed by atoms with van der Waals surface area (Å²) in [4.78, 5) is 26.6. The number of carbonyl (C=O) groups is 2. The molecular weight excluding hydrogens is 368 g/mol. The number of ether oxygens (including phenoxy) is 1. The van der Waals surface area contributed by atoms with Crippen LogP contribution in [0.1, 0.15) is 57.4 Å². The zero-order valence-electron chi connectivity index (χ0n) is 17.6. The van der Waals surface area contributed by atoms with Crippen molar-refractivity contribution in [2.45, 2.75) is 70.9 Å². The molecule has 1 aliphatic heterocycles. The first-order chi connectivity index (χ1) is 14.0. The fourth-order valence-corrected chi connectivity index (χ4v) is 4.11. The van der Waals surface area contributed by atoms with Crippen LogP contribution in [-0.4, -0.2) is 48.7 Å². The minimum Gasteiger partial charge on any atom is -0.494 e. The van der Waals surface area contributed by atoms with Gasteiger partial charge in [-0.2, -0.15) is 0 Å². The number of hydrogen-bond acceptors (Lipinski definition) is 3. The maximum Gasteiger partial charge on any atom is 0.321 e. The van der Waals surface area contributed by atoms with Gasteiger partial charge in [0.05, 0.1) is 6.61 Å². The molecule has 0 aromatic heterocycles. The number of urea groups is 2. The van der Waals surface area contributed by atoms with Crippen LogP contribution in [0, 0.1) is 6.92 Å². The molecule has 3 N–H and O–H groups in total. The molecule has 0 spiro atoms. The predicted molar refractivity (Wildman–Crippen MR) is 115 cm³/mol. The number of likely N-dealkylation sites (tertiary alicyclic amines) is 1. The molecular formula is C22H34N4O3. The van der Waals surface area contributed by atoms with Crippen LogP contribution >= 0.6 is 0 Å². The highest BCUT2D eigenvalue weighted by Crippen LogP contribution is 2.22. The molecule has 7 nitrogen and oxygen atoms in total. The van der Waals surface area contributed by atoms with E-state index in [0.717, 1.165) is 42.7 Å². The summed E-state index contributed by atoms with van der Waals surface area (Å²) in [5.74, 6) is 0.807. The van der Waals surface area contributed by atoms with Gasteiger partial charge in [-0.3, -0.25) is 0 Å². The van der Waals surface area contributed by atoms with Gasteiger partial charge in [0.1, 0.15) is 5.75 Å². The van der Waals surface area contributed by atoms with E-state index in [1.54, 1.807) is 0 Å². The van der Waals surface area contributed by atoms with Crippen LogP contribution in [0.2, 0.25) is 0 Å². The van der Waals surface area contributed by atoms with Crippen LogP contribution in [0.4, 0.5) is 15.3 Å². The molecule has 0 atom stereocenters. The van der Waals surface area contributed by atoms with Gasteiger partial charge in [0.2, 0.25) is 0 Å². The number of benzene rings is 1. The van der Waals surface area contributed by atoms with Crippen LogP contribution < -0.4 is 20.7 Å². The Balaban J connectivity index is 1.41. The maximum absolute atomic E-state index is 12.6. The molecule has 4 amide bonds. The number of anilines is 1. The van der Waals surface area contributed by atoms with Gasteiger partial charge in [0.25, 0.3) is 0 Å². The summed E-state index contributed by atoms with van der Waals surface area (Å²) in [6, 6.07) is 5.95. The summed E-state index contributed by atoms with van der Waals surface area (Å²) in [5.41, 5.74) is 1.77. The Morgan fingerprint density at radius 3 is 2.31 bits per heavy atom. The van der Waals surface area contributed by atoms with Crippen LogP contribution in [0.25, 0.3) is 0 Å². The van der Waals surface area contributed by atoms with Gasteiger partial charge < -0.3 is 25.6 Å². The molecule has 0 radical (unpaired) electrons. The lowest BCUT2D eigenvalue weighted by atomic mass is 9.96. The van der Waals surface area contributed by atoms with E-state index in [-0.39, 0.29) is 18.1 Å². The Labute approximate surface area is 173 Å². The summed E-state index contributed by atoms with van der Waals surface area (Å²) in [7, 11) is 0. The molecule has 1 heterocycles. The van der Waals surface area contributed by atoms with Crippen LogP contribution in [0.5, 0.6) is 5.75 Å². The van der Waals surface area contributed by atoms with Crippen molar-refractivity contribution in [1.82, 2.24) is 15.5 Å². The fourth-order valence-electron chi connectivity index (χ4n) is 4.11. The third kappa shape index (κ3) is 6.27. The fraction of sp³-hybridized carbons (Fsp3) is 0.636. The lowest BCUT2D eigenvalue weighted by Crippen LogP contribution is -2.51. The minimum absolute atomic E-state index is 0.0650. The molecule has 1 aromatic carbocycles. The maximum atomic E-state index is 12.6. The summed E-state index contributed by atoms with van der Waals surface area (Å²) in [6.45, 7) is 5.79. The zero-order chi connectivity index (χ0) is 20.6. The molecule has 2 fully saturated rings. The van der Waals surface area contributed by atoms with E-state index >= 15 is 0 Å². The molecule has 1 saturated carbocycles. The van der Waals surface area contributed by atoms with Crippen LogP contribution in [0.3, 0.4) is 0 Å². The van der Waals surface area contributed by atoms with E-state index in [0.29, 0.717) is 25.7 Å². The second kappa shape index (κ2) is 10.4. The van der Waals surface area contributed by atoms with E-state index < -0.39 is 0 Å². The van der Waals surface area contributed by atoms with Crippen molar-refractivity contribution in [2.24, 2.45) is 0 Å². The second-order valence-corrected chi connectivity index (χ2v) is 8.05. The average molecular weight is 403 g/mol. The van der Waals surface area contributed by atoms with Crippen molar-refractivity contribution in [3.8, 4) is 5.75 Å². The monoisotopic (exact) mass is 402 g/mol. The van der Waals surface area contributed by atoms with E-state index in [1.165, 1.54) is 19.3 Å². The van der Waals surface area contributed by atoms with Crippen LogP contribution in [-0.2, 0) is 0 Å². The van der Waals surface area contributed by atoms with Crippen molar-refractivity contribution in [3.63, 3.8) is 0 Å². The SMILES string of the molecule is CCOc1ccc(NC(=O)N2CCC(NC(=O)NC3CCCCC3)CC2)c(C)c1. The number of hydrogen-bond donors (Lipinski definition) is 3. The molecule has 1 saturated heterocycles. The second-order valence-electron chi connectivity index (χ2n) is 8.05. The Morgan fingerprint density at radius 1 is 1.03 bits per heavy atom. The number of aryl methyl sites for hydroxylation is 1. The Morgan fingerprint density at radius 2 is 1.69 bits per heavy atom. The molecule has 3 rings (SSSR count). The van der Waals surface area contributed by atoms with Crippen molar-refractivity contribution in [1.29, 1.82) is 0 Å². The highest BCUT2D eigenvalue weighted by Gasteiger charge is 2.25. The highest BCUT2D eigenvalue weighted by atomic mass is 16.5. The summed E-state index contributed by atoms with van der Waals surface area (Å²) >= 11 is 0. The van der Waals surface area contributed by atoms with Crippen molar-refractivity contribution in [2.75, 3.05) is 25.0 Å². The Hall–Kier alpha value is -2.44. The highest BCUT2D eigenvalue weighted by molar-refractivity contribution is 5.90. The van der Waals surface area contributed by atoms with Gasteiger partial charge in [-0.15, -0.1) is 0 Å². The van der Waals surface area contributed by atoms with E-state index in [2.05, 4.69) is 16.0 Å². The van der Waals surface area contributed by atoms with Crippen molar-refractivity contribution >= 4 is 17.7 Å². The topological polar surface area (TPSA) is 82.7 Å². The van der Waals surface area contributed by atoms with Gasteiger partial charge in [-0.25, -0.2) is 9.59 Å². The van der Waals surface area contributed by atoms with E-state index in [4.69, 9.17) is 4.74 Å². The number of nitrogens with zero attached hydrogens (tertiary/aromatic N) is 1. The first-order valence-electron chi connectivity index (χ1n) is 10.9. The van der Waals surface area contributed by atoms with Gasteiger partial charge in [-0.05, 0) is 63.3 Å². The molecule has 0 bridgehead atoms. The summed E-state index contributed by atoms with van der Waals surface area (Å²) in [6.07, 6.45) is 7.38. The number of carbonyl (C=O) groups excluding carboxylic acids is 2. The van der Waals surface area contributed by atoms with Gasteiger partial charge >= 0.3 is 12.1 Å². The first kappa shape index (κ1) is 21.3. The Kier molecular flexibility index (Phi) is 7.61. The number of rotatable bonds is 5. The van der Waals surface area contributed by atoms with Gasteiger partial charge in [-0.1, -0.05) is 19.3 Å². The number of piperidine rings is 1. The van der Waals surface area contributed by atoms with Crippen molar-refractivity contribution < 1.29 is 14.3 Å². The zero-order valence-corrected chi connectivity index (χ0v) is 17.6. The molecule has 0 unspecified atom stereocenters. The van der Waals surface area contributed by atoms with E-state index in [1.807, 2.05) is 36.9 Å². The molecule has 29 heavy (non-hydrogen) atoms. The standard InChI is InChI=1S/C22H34N4O3/c1-3-29-19-9-10-20(16(2)15-19)25-22(28)26-13-11-18(12-14-26)24-21(27)23-17-7-5-4-6-8-17/h9-10,15,17-18H,3-8,11-14H2,1-2H3,(H,25,28)(H2,23,24,27). The normalized spacial score (nSPS) is 18.2. The molecule has 2 aliphatic rings. The molecule has 1 aromatic rings. The smallest absolute Gasteiger partial charge is 0.321 e. The van der Waals surface area contributed by atoms with Crippen LogP contribution in [0.15, 0.2) is 18.2 Å². The third-order valence-electron chi connectivity index (χ3n) is 5.81. The lowest BCUT2D eigenvalue weighted by Gasteiger charge is -2.33. The number of amides is 4.